The van der Waals surface area contributed by atoms with Gasteiger partial charge in [0.05, 0.1) is 20.8 Å². The molecule has 150 valence electrons. The summed E-state index contributed by atoms with van der Waals surface area (Å²) < 4.78 is 16.2. The molecule has 0 fully saturated rings. The Balaban J connectivity index is 0.00000625. The Morgan fingerprint density at radius 2 is 1.92 bits per heavy atom. The molecule has 0 heterocycles. The summed E-state index contributed by atoms with van der Waals surface area (Å²) in [4.78, 5) is 4.63. The summed E-state index contributed by atoms with van der Waals surface area (Å²) in [6, 6.07) is 5.77. The molecular formula is C19H34IN3O3. The van der Waals surface area contributed by atoms with Crippen LogP contribution in [0.25, 0.3) is 0 Å². The Kier molecular flexibility index (Phi) is 14.2. The maximum Gasteiger partial charge on any atom is 0.191 e. The molecule has 6 nitrogen and oxygen atoms in total. The predicted molar refractivity (Wildman–Crippen MR) is 118 cm³/mol. The zero-order chi connectivity index (χ0) is 18.5. The van der Waals surface area contributed by atoms with Gasteiger partial charge in [-0.2, -0.15) is 0 Å². The highest BCUT2D eigenvalue weighted by Crippen LogP contribution is 2.25. The van der Waals surface area contributed by atoms with Crippen molar-refractivity contribution in [3.63, 3.8) is 0 Å². The van der Waals surface area contributed by atoms with E-state index in [1.54, 1.807) is 14.2 Å². The molecule has 0 saturated carbocycles. The average Bonchev–Trinajstić information content (AvgIpc) is 2.61. The lowest BCUT2D eigenvalue weighted by Crippen LogP contribution is -2.38. The van der Waals surface area contributed by atoms with Gasteiger partial charge in [-0.1, -0.05) is 13.8 Å². The summed E-state index contributed by atoms with van der Waals surface area (Å²) in [7, 11) is 3.30. The average molecular weight is 479 g/mol. The van der Waals surface area contributed by atoms with Gasteiger partial charge in [-0.25, -0.2) is 4.99 Å². The maximum atomic E-state index is 5.59. The smallest absolute Gasteiger partial charge is 0.191 e. The summed E-state index contributed by atoms with van der Waals surface area (Å²) in [5.74, 6) is 2.92. The van der Waals surface area contributed by atoms with Crippen molar-refractivity contribution in [1.29, 1.82) is 0 Å². The van der Waals surface area contributed by atoms with Gasteiger partial charge in [-0.05, 0) is 31.4 Å². The van der Waals surface area contributed by atoms with Gasteiger partial charge >= 0.3 is 0 Å². The summed E-state index contributed by atoms with van der Waals surface area (Å²) in [5, 5.41) is 6.59. The SMILES string of the molecule is CCNC(=NCc1ccc(OC)cc1OC)NCCCOCC(C)C.I. The second-order valence-corrected chi connectivity index (χ2v) is 6.12. The summed E-state index contributed by atoms with van der Waals surface area (Å²) >= 11 is 0. The first-order valence-corrected chi connectivity index (χ1v) is 8.91. The van der Waals surface area contributed by atoms with Gasteiger partial charge in [0.2, 0.25) is 0 Å². The summed E-state index contributed by atoms with van der Waals surface area (Å²) in [6.45, 7) is 10.1. The van der Waals surface area contributed by atoms with Crippen LogP contribution in [0.4, 0.5) is 0 Å². The van der Waals surface area contributed by atoms with Gasteiger partial charge in [0.1, 0.15) is 11.5 Å². The van der Waals surface area contributed by atoms with Crippen molar-refractivity contribution in [3.8, 4) is 11.5 Å². The highest BCUT2D eigenvalue weighted by Gasteiger charge is 2.05. The number of aliphatic imine (C=N–C) groups is 1. The van der Waals surface area contributed by atoms with Crippen LogP contribution in [0.2, 0.25) is 0 Å². The lowest BCUT2D eigenvalue weighted by molar-refractivity contribution is 0.108. The van der Waals surface area contributed by atoms with Gasteiger partial charge in [0.25, 0.3) is 0 Å². The van der Waals surface area contributed by atoms with Crippen molar-refractivity contribution in [2.45, 2.75) is 33.7 Å². The van der Waals surface area contributed by atoms with Gasteiger partial charge in [0, 0.05) is 37.9 Å². The van der Waals surface area contributed by atoms with Crippen molar-refractivity contribution >= 4 is 29.9 Å². The number of nitrogens with zero attached hydrogens (tertiary/aromatic N) is 1. The second kappa shape index (κ2) is 14.9. The molecule has 0 saturated heterocycles. The molecule has 7 heteroatoms. The fourth-order valence-electron chi connectivity index (χ4n) is 2.19. The number of nitrogens with one attached hydrogen (secondary N) is 2. The Labute approximate surface area is 175 Å². The molecule has 0 bridgehead atoms. The molecule has 2 N–H and O–H groups in total. The third kappa shape index (κ3) is 10.1. The van der Waals surface area contributed by atoms with E-state index in [0.717, 1.165) is 55.7 Å². The number of ether oxygens (including phenoxy) is 3. The van der Waals surface area contributed by atoms with E-state index in [1.165, 1.54) is 0 Å². The first kappa shape index (κ1) is 24.8. The molecule has 26 heavy (non-hydrogen) atoms. The predicted octanol–water partition coefficient (Wildman–Crippen LogP) is 3.44. The molecule has 1 rings (SSSR count). The molecule has 0 radical (unpaired) electrons. The van der Waals surface area contributed by atoms with Crippen LogP contribution in [0.1, 0.15) is 32.8 Å². The molecule has 0 aromatic heterocycles. The van der Waals surface area contributed by atoms with Gasteiger partial charge in [-0.15, -0.1) is 24.0 Å². The van der Waals surface area contributed by atoms with Crippen molar-refractivity contribution in [2.75, 3.05) is 40.5 Å². The minimum absolute atomic E-state index is 0. The third-order valence-corrected chi connectivity index (χ3v) is 3.46. The van der Waals surface area contributed by atoms with E-state index in [4.69, 9.17) is 14.2 Å². The number of benzene rings is 1. The van der Waals surface area contributed by atoms with E-state index in [1.807, 2.05) is 18.2 Å². The van der Waals surface area contributed by atoms with E-state index in [-0.39, 0.29) is 24.0 Å². The maximum absolute atomic E-state index is 5.59. The van der Waals surface area contributed by atoms with Crippen LogP contribution in [0, 0.1) is 5.92 Å². The zero-order valence-corrected chi connectivity index (χ0v) is 19.0. The highest BCUT2D eigenvalue weighted by molar-refractivity contribution is 14.0. The monoisotopic (exact) mass is 479 g/mol. The van der Waals surface area contributed by atoms with Crippen molar-refractivity contribution in [2.24, 2.45) is 10.9 Å². The molecular weight excluding hydrogens is 445 g/mol. The largest absolute Gasteiger partial charge is 0.497 e. The minimum atomic E-state index is 0. The number of halogens is 1. The number of methoxy groups -OCH3 is 2. The third-order valence-electron chi connectivity index (χ3n) is 3.46. The summed E-state index contributed by atoms with van der Waals surface area (Å²) in [6.07, 6.45) is 0.947. The van der Waals surface area contributed by atoms with E-state index < -0.39 is 0 Å². The minimum Gasteiger partial charge on any atom is -0.497 e. The van der Waals surface area contributed by atoms with Crippen molar-refractivity contribution in [1.82, 2.24) is 10.6 Å². The second-order valence-electron chi connectivity index (χ2n) is 6.12. The molecule has 0 aliphatic rings. The van der Waals surface area contributed by atoms with Gasteiger partial charge < -0.3 is 24.8 Å². The Morgan fingerprint density at radius 1 is 1.15 bits per heavy atom. The van der Waals surface area contributed by atoms with Crippen LogP contribution in [0.5, 0.6) is 11.5 Å². The number of hydrogen-bond donors (Lipinski definition) is 2. The van der Waals surface area contributed by atoms with Crippen LogP contribution in [-0.4, -0.2) is 46.5 Å². The Morgan fingerprint density at radius 3 is 2.54 bits per heavy atom. The zero-order valence-electron chi connectivity index (χ0n) is 16.6. The standard InChI is InChI=1S/C19H33N3O3.HI/c1-6-20-19(21-10-7-11-25-14-15(2)3)22-13-16-8-9-17(23-4)12-18(16)24-5;/h8-9,12,15H,6-7,10-11,13-14H2,1-5H3,(H2,20,21,22);1H. The molecule has 1 aromatic carbocycles. The topological polar surface area (TPSA) is 64.1 Å². The lowest BCUT2D eigenvalue weighted by Gasteiger charge is -2.13. The Hall–Kier alpha value is -1.22. The number of hydrogen-bond acceptors (Lipinski definition) is 4. The first-order chi connectivity index (χ1) is 12.1. The molecule has 0 spiro atoms. The van der Waals surface area contributed by atoms with Crippen molar-refractivity contribution in [3.05, 3.63) is 23.8 Å². The van der Waals surface area contributed by atoms with Crippen LogP contribution < -0.4 is 20.1 Å². The lowest BCUT2D eigenvalue weighted by atomic mass is 10.2. The fraction of sp³-hybridized carbons (Fsp3) is 0.632. The van der Waals surface area contributed by atoms with E-state index in [2.05, 4.69) is 36.4 Å². The van der Waals surface area contributed by atoms with Crippen LogP contribution >= 0.6 is 24.0 Å². The Bertz CT molecular complexity index is 525. The molecule has 0 aliphatic carbocycles. The molecule has 0 amide bonds. The van der Waals surface area contributed by atoms with Crippen molar-refractivity contribution < 1.29 is 14.2 Å². The number of rotatable bonds is 11. The van der Waals surface area contributed by atoms with Gasteiger partial charge in [0.15, 0.2) is 5.96 Å². The van der Waals surface area contributed by atoms with E-state index in [9.17, 15) is 0 Å². The number of guanidine groups is 1. The summed E-state index contributed by atoms with van der Waals surface area (Å²) in [5.41, 5.74) is 1.01. The fourth-order valence-corrected chi connectivity index (χ4v) is 2.19. The van der Waals surface area contributed by atoms with E-state index >= 15 is 0 Å². The van der Waals surface area contributed by atoms with E-state index in [0.29, 0.717) is 12.5 Å². The molecule has 0 unspecified atom stereocenters. The van der Waals surface area contributed by atoms with Crippen LogP contribution in [0.15, 0.2) is 23.2 Å². The first-order valence-electron chi connectivity index (χ1n) is 8.91. The molecule has 0 aliphatic heterocycles. The quantitative estimate of drug-likeness (QED) is 0.220. The van der Waals surface area contributed by atoms with Gasteiger partial charge in [-0.3, -0.25) is 0 Å². The van der Waals surface area contributed by atoms with Crippen LogP contribution in [0.3, 0.4) is 0 Å². The highest BCUT2D eigenvalue weighted by atomic mass is 127. The molecule has 0 atom stereocenters. The molecule has 1 aromatic rings. The van der Waals surface area contributed by atoms with Crippen LogP contribution in [-0.2, 0) is 11.3 Å². The normalized spacial score (nSPS) is 11.1.